The van der Waals surface area contributed by atoms with Gasteiger partial charge in [-0.2, -0.15) is 0 Å². The highest BCUT2D eigenvalue weighted by Gasteiger charge is 1.93. The monoisotopic (exact) mass is 201 g/mol. The summed E-state index contributed by atoms with van der Waals surface area (Å²) >= 11 is 0. The predicted molar refractivity (Wildman–Crippen MR) is 67.1 cm³/mol. The third-order valence-electron chi connectivity index (χ3n) is 2.37. The van der Waals surface area contributed by atoms with Gasteiger partial charge in [0.25, 0.3) is 0 Å². The van der Waals surface area contributed by atoms with Gasteiger partial charge < -0.3 is 0 Å². The first-order valence-electron chi connectivity index (χ1n) is 5.60. The first-order valence-corrected chi connectivity index (χ1v) is 5.60. The maximum atomic E-state index is 4.21. The van der Waals surface area contributed by atoms with Crippen LogP contribution in [0.2, 0.25) is 0 Å². The molecule has 0 N–H and O–H groups in total. The highest BCUT2D eigenvalue weighted by molar-refractivity contribution is 5.83. The molecule has 0 unspecified atom stereocenters. The molecule has 1 aromatic carbocycles. The van der Waals surface area contributed by atoms with Gasteiger partial charge in [0, 0.05) is 17.3 Å². The van der Waals surface area contributed by atoms with E-state index in [0.29, 0.717) is 0 Å². The molecule has 0 spiro atoms. The molecule has 1 heterocycles. The summed E-state index contributed by atoms with van der Waals surface area (Å²) < 4.78 is 0. The zero-order valence-corrected chi connectivity index (χ0v) is 9.83. The molecule has 0 fully saturated rings. The van der Waals surface area contributed by atoms with Crippen LogP contribution in [0.3, 0.4) is 0 Å². The summed E-state index contributed by atoms with van der Waals surface area (Å²) in [5.74, 6) is 0. The number of aromatic nitrogens is 1. The Hall–Kier alpha value is -1.37. The second-order valence-electron chi connectivity index (χ2n) is 3.62. The van der Waals surface area contributed by atoms with Crippen molar-refractivity contribution in [2.75, 3.05) is 0 Å². The van der Waals surface area contributed by atoms with Gasteiger partial charge in [-0.1, -0.05) is 51.0 Å². The molecule has 2 rings (SSSR count). The van der Waals surface area contributed by atoms with Gasteiger partial charge in [-0.25, -0.2) is 0 Å². The topological polar surface area (TPSA) is 12.9 Å². The van der Waals surface area contributed by atoms with Crippen LogP contribution in [0.1, 0.15) is 32.4 Å². The molecule has 0 aliphatic rings. The molecule has 0 saturated heterocycles. The fourth-order valence-electron chi connectivity index (χ4n) is 1.27. The summed E-state index contributed by atoms with van der Waals surface area (Å²) in [5, 5.41) is 2.51. The van der Waals surface area contributed by atoms with E-state index < -0.39 is 0 Å². The molecule has 0 radical (unpaired) electrons. The van der Waals surface area contributed by atoms with E-state index in [4.69, 9.17) is 0 Å². The Kier molecular flexibility index (Phi) is 4.82. The van der Waals surface area contributed by atoms with E-state index in [1.807, 2.05) is 31.3 Å². The molecule has 0 saturated carbocycles. The van der Waals surface area contributed by atoms with E-state index in [9.17, 15) is 0 Å². The van der Waals surface area contributed by atoms with Gasteiger partial charge in [-0.3, -0.25) is 4.98 Å². The van der Waals surface area contributed by atoms with Crippen LogP contribution in [0.4, 0.5) is 0 Å². The van der Waals surface area contributed by atoms with Crippen molar-refractivity contribution >= 4 is 10.8 Å². The first kappa shape index (κ1) is 11.7. The maximum absolute atomic E-state index is 4.21. The standard InChI is InChI=1S/C10H9N.C4H10/c1-8-10-5-3-2-4-9(10)6-7-11-8;1-3-4-2/h2-7H,1H3;3-4H2,1-2H3. The van der Waals surface area contributed by atoms with E-state index >= 15 is 0 Å². The predicted octanol–water partition coefficient (Wildman–Crippen LogP) is 4.35. The number of fused-ring (bicyclic) bond motifs is 1. The van der Waals surface area contributed by atoms with Crippen LogP contribution in [0, 0.1) is 6.92 Å². The molecule has 0 aliphatic heterocycles. The third-order valence-corrected chi connectivity index (χ3v) is 2.37. The van der Waals surface area contributed by atoms with Crippen LogP contribution in [0.5, 0.6) is 0 Å². The minimum Gasteiger partial charge on any atom is -0.261 e. The summed E-state index contributed by atoms with van der Waals surface area (Å²) in [6.07, 6.45) is 4.48. The minimum atomic E-state index is 1.10. The van der Waals surface area contributed by atoms with Crippen LogP contribution in [-0.4, -0.2) is 4.98 Å². The van der Waals surface area contributed by atoms with Crippen molar-refractivity contribution < 1.29 is 0 Å². The molecule has 80 valence electrons. The van der Waals surface area contributed by atoms with Crippen molar-refractivity contribution in [1.29, 1.82) is 0 Å². The van der Waals surface area contributed by atoms with Gasteiger partial charge in [-0.05, 0) is 18.4 Å². The fraction of sp³-hybridized carbons (Fsp3) is 0.357. The number of benzene rings is 1. The molecule has 0 bridgehead atoms. The lowest BCUT2D eigenvalue weighted by molar-refractivity contribution is 0.886. The lowest BCUT2D eigenvalue weighted by Crippen LogP contribution is -1.80. The van der Waals surface area contributed by atoms with Crippen molar-refractivity contribution in [2.45, 2.75) is 33.6 Å². The van der Waals surface area contributed by atoms with Crippen molar-refractivity contribution in [3.8, 4) is 0 Å². The van der Waals surface area contributed by atoms with Crippen LogP contribution in [0.15, 0.2) is 36.5 Å². The Bertz CT molecular complexity index is 400. The number of hydrogen-bond donors (Lipinski definition) is 0. The lowest BCUT2D eigenvalue weighted by Gasteiger charge is -1.97. The number of pyridine rings is 1. The molecular formula is C14H19N. The van der Waals surface area contributed by atoms with Crippen LogP contribution < -0.4 is 0 Å². The van der Waals surface area contributed by atoms with E-state index in [1.54, 1.807) is 0 Å². The van der Waals surface area contributed by atoms with E-state index in [1.165, 1.54) is 23.6 Å². The van der Waals surface area contributed by atoms with Crippen molar-refractivity contribution in [3.63, 3.8) is 0 Å². The maximum Gasteiger partial charge on any atom is 0.0450 e. The van der Waals surface area contributed by atoms with Crippen molar-refractivity contribution in [1.82, 2.24) is 4.98 Å². The van der Waals surface area contributed by atoms with Gasteiger partial charge in [-0.15, -0.1) is 0 Å². The van der Waals surface area contributed by atoms with Gasteiger partial charge >= 0.3 is 0 Å². The van der Waals surface area contributed by atoms with E-state index in [-0.39, 0.29) is 0 Å². The summed E-state index contributed by atoms with van der Waals surface area (Å²) in [5.41, 5.74) is 1.10. The van der Waals surface area contributed by atoms with Crippen LogP contribution in [0.25, 0.3) is 10.8 Å². The molecular weight excluding hydrogens is 182 g/mol. The molecule has 15 heavy (non-hydrogen) atoms. The highest BCUT2D eigenvalue weighted by Crippen LogP contribution is 2.14. The van der Waals surface area contributed by atoms with Crippen LogP contribution in [-0.2, 0) is 0 Å². The average Bonchev–Trinajstić information content (AvgIpc) is 2.30. The average molecular weight is 201 g/mol. The Morgan fingerprint density at radius 2 is 1.67 bits per heavy atom. The Morgan fingerprint density at radius 1 is 1.00 bits per heavy atom. The summed E-state index contributed by atoms with van der Waals surface area (Å²) in [6, 6.07) is 10.3. The number of aryl methyl sites for hydroxylation is 1. The van der Waals surface area contributed by atoms with Gasteiger partial charge in [0.15, 0.2) is 0 Å². The SMILES string of the molecule is CCCC.Cc1nccc2ccccc12. The summed E-state index contributed by atoms with van der Waals surface area (Å²) in [7, 11) is 0. The van der Waals surface area contributed by atoms with Crippen molar-refractivity contribution in [3.05, 3.63) is 42.2 Å². The number of unbranched alkanes of at least 4 members (excludes halogenated alkanes) is 1. The third kappa shape index (κ3) is 3.35. The smallest absolute Gasteiger partial charge is 0.0450 e. The van der Waals surface area contributed by atoms with E-state index in [2.05, 4.69) is 31.0 Å². The number of nitrogens with zero attached hydrogens (tertiary/aromatic N) is 1. The Labute approximate surface area is 92.2 Å². The number of rotatable bonds is 1. The molecule has 0 atom stereocenters. The molecule has 1 nitrogen and oxygen atoms in total. The van der Waals surface area contributed by atoms with E-state index in [0.717, 1.165) is 5.69 Å². The zero-order valence-electron chi connectivity index (χ0n) is 9.83. The number of hydrogen-bond acceptors (Lipinski definition) is 1. The Morgan fingerprint density at radius 3 is 2.27 bits per heavy atom. The molecule has 1 heteroatoms. The minimum absolute atomic E-state index is 1.10. The largest absolute Gasteiger partial charge is 0.261 e. The second-order valence-corrected chi connectivity index (χ2v) is 3.62. The lowest BCUT2D eigenvalue weighted by atomic mass is 10.1. The normalized spacial score (nSPS) is 9.53. The first-order chi connectivity index (χ1) is 7.29. The molecule has 1 aromatic heterocycles. The quantitative estimate of drug-likeness (QED) is 0.668. The molecule has 0 aliphatic carbocycles. The summed E-state index contributed by atoms with van der Waals surface area (Å²) in [4.78, 5) is 4.21. The Balaban J connectivity index is 0.000000245. The van der Waals surface area contributed by atoms with Crippen molar-refractivity contribution in [2.24, 2.45) is 0 Å². The van der Waals surface area contributed by atoms with Crippen LogP contribution >= 0.6 is 0 Å². The summed E-state index contributed by atoms with van der Waals surface area (Å²) in [6.45, 7) is 6.39. The fourth-order valence-corrected chi connectivity index (χ4v) is 1.27. The van der Waals surface area contributed by atoms with Gasteiger partial charge in [0.1, 0.15) is 0 Å². The highest BCUT2D eigenvalue weighted by atomic mass is 14.7. The second kappa shape index (κ2) is 6.18. The molecule has 2 aromatic rings. The van der Waals surface area contributed by atoms with Gasteiger partial charge in [0.05, 0.1) is 0 Å². The zero-order chi connectivity index (χ0) is 11.1. The van der Waals surface area contributed by atoms with Gasteiger partial charge in [0.2, 0.25) is 0 Å². The molecule has 0 amide bonds.